The second kappa shape index (κ2) is 6.22. The van der Waals surface area contributed by atoms with Crippen molar-refractivity contribution in [1.29, 1.82) is 5.26 Å². The van der Waals surface area contributed by atoms with Gasteiger partial charge in [0.2, 0.25) is 0 Å². The van der Waals surface area contributed by atoms with E-state index in [1.165, 1.54) is 12.8 Å². The van der Waals surface area contributed by atoms with E-state index in [4.69, 9.17) is 5.26 Å². The molecule has 0 amide bonds. The lowest BCUT2D eigenvalue weighted by Crippen LogP contribution is -2.38. The summed E-state index contributed by atoms with van der Waals surface area (Å²) in [6.45, 7) is 7.73. The summed E-state index contributed by atoms with van der Waals surface area (Å²) in [6.07, 6.45) is 3.42. The molecular weight excluding hydrogens is 198 g/mol. The van der Waals surface area contributed by atoms with Gasteiger partial charge in [-0.15, -0.1) is 0 Å². The van der Waals surface area contributed by atoms with Gasteiger partial charge in [-0.25, -0.2) is 0 Å². The summed E-state index contributed by atoms with van der Waals surface area (Å²) in [5.41, 5.74) is 0. The maximum Gasteiger partial charge on any atom is 0.0967 e. The molecular formula is C13H25N3. The molecule has 1 rings (SSSR count). The first-order chi connectivity index (χ1) is 7.54. The van der Waals surface area contributed by atoms with Crippen LogP contribution in [0.25, 0.3) is 0 Å². The lowest BCUT2D eigenvalue weighted by atomic mass is 10.0. The third-order valence-corrected chi connectivity index (χ3v) is 3.60. The van der Waals surface area contributed by atoms with Crippen molar-refractivity contribution < 1.29 is 0 Å². The van der Waals surface area contributed by atoms with Crippen LogP contribution in [0.5, 0.6) is 0 Å². The smallest absolute Gasteiger partial charge is 0.0967 e. The zero-order valence-corrected chi connectivity index (χ0v) is 11.0. The molecule has 16 heavy (non-hydrogen) atoms. The van der Waals surface area contributed by atoms with Crippen LogP contribution in [0.4, 0.5) is 0 Å². The van der Waals surface area contributed by atoms with Gasteiger partial charge < -0.3 is 4.90 Å². The van der Waals surface area contributed by atoms with Crippen molar-refractivity contribution in [1.82, 2.24) is 10.2 Å². The topological polar surface area (TPSA) is 39.1 Å². The van der Waals surface area contributed by atoms with Crippen molar-refractivity contribution in [3.63, 3.8) is 0 Å². The highest BCUT2D eigenvalue weighted by Gasteiger charge is 2.24. The number of hydrogen-bond acceptors (Lipinski definition) is 3. The van der Waals surface area contributed by atoms with E-state index in [1.807, 2.05) is 0 Å². The Morgan fingerprint density at radius 3 is 2.44 bits per heavy atom. The molecule has 1 aliphatic carbocycles. The summed E-state index contributed by atoms with van der Waals surface area (Å²) in [5.74, 6) is 0.668. The van der Waals surface area contributed by atoms with Crippen molar-refractivity contribution in [2.24, 2.45) is 5.92 Å². The third kappa shape index (κ3) is 4.51. The fourth-order valence-corrected chi connectivity index (χ4v) is 1.76. The lowest BCUT2D eigenvalue weighted by molar-refractivity contribution is 0.202. The molecule has 3 nitrogen and oxygen atoms in total. The van der Waals surface area contributed by atoms with E-state index in [0.29, 0.717) is 18.0 Å². The second-order valence-electron chi connectivity index (χ2n) is 5.38. The Morgan fingerprint density at radius 2 is 2.00 bits per heavy atom. The molecule has 0 saturated heterocycles. The third-order valence-electron chi connectivity index (χ3n) is 3.60. The van der Waals surface area contributed by atoms with Gasteiger partial charge in [-0.3, -0.25) is 5.32 Å². The van der Waals surface area contributed by atoms with Gasteiger partial charge in [0.05, 0.1) is 12.1 Å². The lowest BCUT2D eigenvalue weighted by Gasteiger charge is -2.28. The van der Waals surface area contributed by atoms with Crippen LogP contribution < -0.4 is 5.32 Å². The van der Waals surface area contributed by atoms with Gasteiger partial charge in [-0.2, -0.15) is 5.26 Å². The fourth-order valence-electron chi connectivity index (χ4n) is 1.76. The summed E-state index contributed by atoms with van der Waals surface area (Å²) in [7, 11) is 2.15. The van der Waals surface area contributed by atoms with Crippen LogP contribution in [0.1, 0.15) is 40.0 Å². The van der Waals surface area contributed by atoms with Crippen molar-refractivity contribution in [3.05, 3.63) is 0 Å². The molecule has 0 aromatic rings. The summed E-state index contributed by atoms with van der Waals surface area (Å²) >= 11 is 0. The van der Waals surface area contributed by atoms with Crippen LogP contribution in [-0.2, 0) is 0 Å². The maximum atomic E-state index is 9.03. The Bertz CT molecular complexity index is 240. The molecule has 2 unspecified atom stereocenters. The maximum absolute atomic E-state index is 9.03. The quantitative estimate of drug-likeness (QED) is 0.717. The van der Waals surface area contributed by atoms with Gasteiger partial charge in [-0.1, -0.05) is 13.8 Å². The molecule has 3 heteroatoms. The molecule has 0 radical (unpaired) electrons. The molecule has 1 aliphatic rings. The van der Waals surface area contributed by atoms with E-state index in [9.17, 15) is 0 Å². The van der Waals surface area contributed by atoms with Gasteiger partial charge in [0.1, 0.15) is 0 Å². The van der Waals surface area contributed by atoms with Gasteiger partial charge in [-0.05, 0) is 39.2 Å². The normalized spacial score (nSPS) is 19.8. The Morgan fingerprint density at radius 1 is 1.38 bits per heavy atom. The molecule has 0 heterocycles. The second-order valence-corrected chi connectivity index (χ2v) is 5.38. The van der Waals surface area contributed by atoms with E-state index in [1.54, 1.807) is 0 Å². The monoisotopic (exact) mass is 223 g/mol. The number of hydrogen-bond donors (Lipinski definition) is 1. The summed E-state index contributed by atoms with van der Waals surface area (Å²) in [6, 6.07) is 3.60. The first kappa shape index (κ1) is 13.5. The highest BCUT2D eigenvalue weighted by atomic mass is 15.1. The van der Waals surface area contributed by atoms with E-state index < -0.39 is 0 Å². The van der Waals surface area contributed by atoms with Crippen molar-refractivity contribution in [3.8, 4) is 6.07 Å². The molecule has 0 aromatic heterocycles. The van der Waals surface area contributed by atoms with Gasteiger partial charge in [0.15, 0.2) is 0 Å². The highest BCUT2D eigenvalue weighted by molar-refractivity contribution is 4.96. The summed E-state index contributed by atoms with van der Waals surface area (Å²) < 4.78 is 0. The van der Waals surface area contributed by atoms with E-state index >= 15 is 0 Å². The molecule has 1 fully saturated rings. The Balaban J connectivity index is 2.23. The number of nitriles is 1. The Kier molecular flexibility index (Phi) is 5.24. The van der Waals surface area contributed by atoms with Crippen LogP contribution >= 0.6 is 0 Å². The molecule has 1 saturated carbocycles. The first-order valence-corrected chi connectivity index (χ1v) is 6.40. The van der Waals surface area contributed by atoms with Crippen LogP contribution in [-0.4, -0.2) is 36.6 Å². The zero-order valence-electron chi connectivity index (χ0n) is 11.0. The van der Waals surface area contributed by atoms with Crippen LogP contribution in [0.2, 0.25) is 0 Å². The van der Waals surface area contributed by atoms with Crippen molar-refractivity contribution in [2.45, 2.75) is 58.2 Å². The number of nitrogens with zero attached hydrogens (tertiary/aromatic N) is 2. The summed E-state index contributed by atoms with van der Waals surface area (Å²) in [4.78, 5) is 2.35. The molecule has 1 N–H and O–H groups in total. The predicted molar refractivity (Wildman–Crippen MR) is 67.1 cm³/mol. The molecule has 0 aliphatic heterocycles. The van der Waals surface area contributed by atoms with Gasteiger partial charge in [0.25, 0.3) is 0 Å². The number of nitrogens with one attached hydrogen (secondary N) is 1. The standard InChI is InChI=1S/C13H25N3/c1-10(2)11(3)16(4)8-7-13(9-14)15-12-5-6-12/h10-13,15H,5-8H2,1-4H3. The minimum Gasteiger partial charge on any atom is -0.303 e. The fraction of sp³-hybridized carbons (Fsp3) is 0.923. The van der Waals surface area contributed by atoms with Crippen LogP contribution in [0.15, 0.2) is 0 Å². The minimum absolute atomic E-state index is 0.0364. The van der Waals surface area contributed by atoms with Crippen molar-refractivity contribution in [2.75, 3.05) is 13.6 Å². The van der Waals surface area contributed by atoms with Crippen LogP contribution in [0.3, 0.4) is 0 Å². The van der Waals surface area contributed by atoms with Crippen LogP contribution in [0, 0.1) is 17.2 Å². The van der Waals surface area contributed by atoms with E-state index in [0.717, 1.165) is 13.0 Å². The first-order valence-electron chi connectivity index (χ1n) is 6.40. The molecule has 0 aromatic carbocycles. The molecule has 2 atom stereocenters. The Hall–Kier alpha value is -0.590. The SMILES string of the molecule is CC(C)C(C)N(C)CCC(C#N)NC1CC1. The van der Waals surface area contributed by atoms with Gasteiger partial charge >= 0.3 is 0 Å². The number of rotatable bonds is 7. The molecule has 0 bridgehead atoms. The Labute approximate surface area is 99.8 Å². The van der Waals surface area contributed by atoms with E-state index in [2.05, 4.69) is 44.1 Å². The average Bonchev–Trinajstić information content (AvgIpc) is 3.06. The largest absolute Gasteiger partial charge is 0.303 e. The highest BCUT2D eigenvalue weighted by Crippen LogP contribution is 2.20. The summed E-state index contributed by atoms with van der Waals surface area (Å²) in [5, 5.41) is 12.4. The minimum atomic E-state index is 0.0364. The van der Waals surface area contributed by atoms with Gasteiger partial charge in [0, 0.05) is 18.6 Å². The van der Waals surface area contributed by atoms with Crippen molar-refractivity contribution >= 4 is 0 Å². The molecule has 0 spiro atoms. The van der Waals surface area contributed by atoms with E-state index in [-0.39, 0.29) is 6.04 Å². The average molecular weight is 223 g/mol. The zero-order chi connectivity index (χ0) is 12.1. The molecule has 92 valence electrons. The predicted octanol–water partition coefficient (Wildman–Crippen LogP) is 2.00.